The van der Waals surface area contributed by atoms with Gasteiger partial charge in [-0.05, 0) is 6.92 Å². The molecule has 0 saturated heterocycles. The molecule has 0 spiro atoms. The van der Waals surface area contributed by atoms with Crippen LogP contribution in [0.2, 0.25) is 0 Å². The first-order chi connectivity index (χ1) is 6.29. The van der Waals surface area contributed by atoms with Crippen molar-refractivity contribution in [2.24, 2.45) is 0 Å². The molecule has 0 radical (unpaired) electrons. The van der Waals surface area contributed by atoms with Crippen molar-refractivity contribution in [1.29, 1.82) is 0 Å². The summed E-state index contributed by atoms with van der Waals surface area (Å²) in [6.45, 7) is 1.93. The number of aldehydes is 2. The topological polar surface area (TPSA) is 54.4 Å². The highest BCUT2D eigenvalue weighted by atomic mass is 16.2. The summed E-state index contributed by atoms with van der Waals surface area (Å²) in [5.41, 5.74) is 0.884. The largest absolute Gasteiger partial charge is 0.397 e. The zero-order valence-electron chi connectivity index (χ0n) is 7.43. The zero-order chi connectivity index (χ0) is 10.1. The third-order valence-electron chi connectivity index (χ3n) is 1.25. The molecule has 1 rings (SSSR count). The van der Waals surface area contributed by atoms with Gasteiger partial charge in [-0.3, -0.25) is 9.59 Å². The van der Waals surface area contributed by atoms with Crippen LogP contribution in [-0.2, 0) is 0 Å². The van der Waals surface area contributed by atoms with E-state index in [0.717, 1.165) is 0 Å². The number of carbonyl (C=O) groups excluding carboxylic acids is 2. The zero-order valence-corrected chi connectivity index (χ0v) is 7.43. The molecule has 0 unspecified atom stereocenters. The van der Waals surface area contributed by atoms with E-state index in [-0.39, 0.29) is 6.61 Å². The van der Waals surface area contributed by atoms with Crippen molar-refractivity contribution < 1.29 is 14.7 Å². The van der Waals surface area contributed by atoms with Gasteiger partial charge in [0, 0.05) is 17.7 Å². The smallest absolute Gasteiger partial charge is 0.150 e. The molecule has 0 aromatic heterocycles. The van der Waals surface area contributed by atoms with E-state index >= 15 is 0 Å². The molecule has 1 N–H and O–H groups in total. The van der Waals surface area contributed by atoms with Crippen molar-refractivity contribution in [3.8, 4) is 0 Å². The molecule has 3 nitrogen and oxygen atoms in total. The van der Waals surface area contributed by atoms with E-state index in [0.29, 0.717) is 23.7 Å². The lowest BCUT2D eigenvalue weighted by atomic mass is 10.1. The van der Waals surface area contributed by atoms with Crippen molar-refractivity contribution >= 4 is 12.6 Å². The molecule has 13 heavy (non-hydrogen) atoms. The van der Waals surface area contributed by atoms with E-state index in [1.807, 2.05) is 0 Å². The van der Waals surface area contributed by atoms with Gasteiger partial charge in [0.15, 0.2) is 12.6 Å². The highest BCUT2D eigenvalue weighted by molar-refractivity contribution is 5.89. The molecule has 0 aliphatic rings. The highest BCUT2D eigenvalue weighted by Crippen LogP contribution is 2.01. The Kier molecular flexibility index (Phi) is 6.37. The van der Waals surface area contributed by atoms with Crippen LogP contribution in [0.5, 0.6) is 0 Å². The molecule has 0 saturated carbocycles. The van der Waals surface area contributed by atoms with Gasteiger partial charge in [0.2, 0.25) is 0 Å². The Bertz CT molecular complexity index is 242. The molecule has 1 aromatic rings. The summed E-state index contributed by atoms with van der Waals surface area (Å²) in [6, 6.07) is 6.65. The molecular weight excluding hydrogens is 168 g/mol. The fourth-order valence-corrected chi connectivity index (χ4v) is 0.726. The van der Waals surface area contributed by atoms with Crippen molar-refractivity contribution in [3.05, 3.63) is 35.4 Å². The first-order valence-electron chi connectivity index (χ1n) is 3.90. The molecule has 0 amide bonds. The summed E-state index contributed by atoms with van der Waals surface area (Å²) in [5.74, 6) is 0. The normalized spacial score (nSPS) is 8.15. The molecule has 0 bridgehead atoms. The molecular formula is C10H12O3. The maximum atomic E-state index is 10.2. The molecule has 0 aliphatic heterocycles. The van der Waals surface area contributed by atoms with Crippen LogP contribution < -0.4 is 0 Å². The lowest BCUT2D eigenvalue weighted by molar-refractivity contribution is 0.109. The second-order valence-electron chi connectivity index (χ2n) is 2.18. The van der Waals surface area contributed by atoms with Crippen LogP contribution in [0.3, 0.4) is 0 Å². The van der Waals surface area contributed by atoms with Gasteiger partial charge in [0.05, 0.1) is 0 Å². The summed E-state index contributed by atoms with van der Waals surface area (Å²) in [4.78, 5) is 20.5. The second-order valence-corrected chi connectivity index (χ2v) is 2.18. The molecule has 70 valence electrons. The van der Waals surface area contributed by atoms with Crippen LogP contribution >= 0.6 is 0 Å². The van der Waals surface area contributed by atoms with Gasteiger partial charge < -0.3 is 5.11 Å². The monoisotopic (exact) mass is 180 g/mol. The Balaban J connectivity index is 0.000000424. The third kappa shape index (κ3) is 4.18. The average Bonchev–Trinajstić information content (AvgIpc) is 2.19. The SMILES string of the molecule is CCO.O=Cc1ccccc1C=O. The van der Waals surface area contributed by atoms with Gasteiger partial charge >= 0.3 is 0 Å². The van der Waals surface area contributed by atoms with E-state index < -0.39 is 0 Å². The number of aliphatic hydroxyl groups excluding tert-OH is 1. The van der Waals surface area contributed by atoms with Gasteiger partial charge in [-0.1, -0.05) is 24.3 Å². The number of benzene rings is 1. The van der Waals surface area contributed by atoms with Gasteiger partial charge in [-0.2, -0.15) is 0 Å². The van der Waals surface area contributed by atoms with Crippen LogP contribution in [0.4, 0.5) is 0 Å². The maximum Gasteiger partial charge on any atom is 0.150 e. The fraction of sp³-hybridized carbons (Fsp3) is 0.200. The molecule has 0 heterocycles. The second kappa shape index (κ2) is 7.18. The van der Waals surface area contributed by atoms with Crippen LogP contribution in [0.1, 0.15) is 27.6 Å². The maximum absolute atomic E-state index is 10.2. The lowest BCUT2D eigenvalue weighted by Gasteiger charge is -1.91. The van der Waals surface area contributed by atoms with Crippen LogP contribution in [0.25, 0.3) is 0 Å². The Morgan fingerprint density at radius 2 is 1.46 bits per heavy atom. The van der Waals surface area contributed by atoms with Crippen molar-refractivity contribution in [2.75, 3.05) is 6.61 Å². The van der Waals surface area contributed by atoms with E-state index in [2.05, 4.69) is 0 Å². The van der Waals surface area contributed by atoms with Crippen LogP contribution in [-0.4, -0.2) is 24.3 Å². The number of hydrogen-bond donors (Lipinski definition) is 1. The summed E-state index contributed by atoms with van der Waals surface area (Å²) < 4.78 is 0. The standard InChI is InChI=1S/C8H6O2.C2H6O/c9-5-7-3-1-2-4-8(7)6-10;1-2-3/h1-6H;3H,2H2,1H3. The fourth-order valence-electron chi connectivity index (χ4n) is 0.726. The minimum Gasteiger partial charge on any atom is -0.397 e. The van der Waals surface area contributed by atoms with Gasteiger partial charge in [0.25, 0.3) is 0 Å². The Labute approximate surface area is 77.0 Å². The van der Waals surface area contributed by atoms with E-state index in [1.165, 1.54) is 0 Å². The minimum atomic E-state index is 0.250. The molecule has 0 aliphatic carbocycles. The average molecular weight is 180 g/mol. The minimum absolute atomic E-state index is 0.250. The molecule has 3 heteroatoms. The number of carbonyl (C=O) groups is 2. The molecule has 0 atom stereocenters. The highest BCUT2D eigenvalue weighted by Gasteiger charge is 1.95. The molecule has 0 fully saturated rings. The first-order valence-corrected chi connectivity index (χ1v) is 3.90. The Hall–Kier alpha value is -1.48. The lowest BCUT2D eigenvalue weighted by Crippen LogP contribution is -1.87. The molecule has 1 aromatic carbocycles. The van der Waals surface area contributed by atoms with Gasteiger partial charge in [-0.15, -0.1) is 0 Å². The summed E-state index contributed by atoms with van der Waals surface area (Å²) >= 11 is 0. The van der Waals surface area contributed by atoms with Crippen LogP contribution in [0.15, 0.2) is 24.3 Å². The predicted octanol–water partition coefficient (Wildman–Crippen LogP) is 1.31. The number of hydrogen-bond acceptors (Lipinski definition) is 3. The Morgan fingerprint density at radius 1 is 1.15 bits per heavy atom. The van der Waals surface area contributed by atoms with Crippen LogP contribution in [0, 0.1) is 0 Å². The van der Waals surface area contributed by atoms with Gasteiger partial charge in [-0.25, -0.2) is 0 Å². The third-order valence-corrected chi connectivity index (χ3v) is 1.25. The summed E-state index contributed by atoms with van der Waals surface area (Å²) in [7, 11) is 0. The van der Waals surface area contributed by atoms with E-state index in [9.17, 15) is 9.59 Å². The van der Waals surface area contributed by atoms with Crippen molar-refractivity contribution in [2.45, 2.75) is 6.92 Å². The first kappa shape index (κ1) is 11.5. The number of aliphatic hydroxyl groups is 1. The van der Waals surface area contributed by atoms with E-state index in [1.54, 1.807) is 31.2 Å². The van der Waals surface area contributed by atoms with Crippen molar-refractivity contribution in [3.63, 3.8) is 0 Å². The summed E-state index contributed by atoms with van der Waals surface area (Å²) in [6.07, 6.45) is 1.34. The predicted molar refractivity (Wildman–Crippen MR) is 50.0 cm³/mol. The Morgan fingerprint density at radius 3 is 1.69 bits per heavy atom. The van der Waals surface area contributed by atoms with Crippen molar-refractivity contribution in [1.82, 2.24) is 0 Å². The van der Waals surface area contributed by atoms with E-state index in [4.69, 9.17) is 5.11 Å². The number of rotatable bonds is 2. The quantitative estimate of drug-likeness (QED) is 0.698. The summed E-state index contributed by atoms with van der Waals surface area (Å²) in [5, 5.41) is 7.57. The van der Waals surface area contributed by atoms with Gasteiger partial charge in [0.1, 0.15) is 0 Å².